The Labute approximate surface area is 196 Å². The number of carboxylic acid groups (broad SMARTS) is 1. The van der Waals surface area contributed by atoms with E-state index in [-0.39, 0.29) is 18.3 Å². The summed E-state index contributed by atoms with van der Waals surface area (Å²) in [5, 5.41) is 15.3. The second-order valence-corrected chi connectivity index (χ2v) is 10.7. The second-order valence-electron chi connectivity index (χ2n) is 10.7. The van der Waals surface area contributed by atoms with Crippen LogP contribution in [-0.2, 0) is 14.3 Å². The number of likely N-dealkylation sites (N-methyl/N-ethyl adjacent to an activating group) is 1. The number of piperazine rings is 1. The number of methoxy groups -OCH3 is 1. The number of nitrogens with one attached hydrogen (secondary N) is 2. The van der Waals surface area contributed by atoms with Crippen molar-refractivity contribution in [2.45, 2.75) is 96.6 Å². The van der Waals surface area contributed by atoms with Gasteiger partial charge >= 0.3 is 11.9 Å². The first-order chi connectivity index (χ1) is 15.0. The van der Waals surface area contributed by atoms with Gasteiger partial charge in [-0.1, -0.05) is 25.7 Å². The molecular weight excluding hydrogens is 406 g/mol. The fourth-order valence-corrected chi connectivity index (χ4v) is 4.85. The Bertz CT molecular complexity index is 543. The van der Waals surface area contributed by atoms with E-state index in [2.05, 4.69) is 50.3 Å². The van der Waals surface area contributed by atoms with E-state index in [1.807, 2.05) is 0 Å². The van der Waals surface area contributed by atoms with Gasteiger partial charge in [0.1, 0.15) is 0 Å². The Morgan fingerprint density at radius 2 is 1.50 bits per heavy atom. The molecule has 2 aliphatic rings. The molecule has 0 aliphatic carbocycles. The van der Waals surface area contributed by atoms with Gasteiger partial charge in [-0.3, -0.25) is 14.5 Å². The Hall–Kier alpha value is -1.18. The number of carbonyl (C=O) groups excluding carboxylic acids is 1. The lowest BCUT2D eigenvalue weighted by molar-refractivity contribution is -0.148. The third-order valence-corrected chi connectivity index (χ3v) is 7.29. The number of rotatable bonds is 10. The molecule has 188 valence electrons. The maximum Gasteiger partial charge on any atom is 0.308 e. The summed E-state index contributed by atoms with van der Waals surface area (Å²) in [5.74, 6) is -0.290. The van der Waals surface area contributed by atoms with Gasteiger partial charge in [0.15, 0.2) is 0 Å². The van der Waals surface area contributed by atoms with Gasteiger partial charge in [0.2, 0.25) is 0 Å². The molecule has 2 fully saturated rings. The van der Waals surface area contributed by atoms with E-state index >= 15 is 0 Å². The van der Waals surface area contributed by atoms with Crippen molar-refractivity contribution in [1.29, 1.82) is 0 Å². The molecule has 3 N–H and O–H groups in total. The molecule has 0 spiro atoms. The molecule has 2 aliphatic heterocycles. The summed E-state index contributed by atoms with van der Waals surface area (Å²) in [6, 6.07) is 0. The summed E-state index contributed by atoms with van der Waals surface area (Å²) in [4.78, 5) is 24.8. The first-order valence-electron chi connectivity index (χ1n) is 12.5. The number of hydrogen-bond acceptors (Lipinski definition) is 6. The topological polar surface area (TPSA) is 90.9 Å². The molecule has 32 heavy (non-hydrogen) atoms. The Morgan fingerprint density at radius 1 is 0.969 bits per heavy atom. The lowest BCUT2D eigenvalue weighted by Crippen LogP contribution is -2.66. The molecule has 2 heterocycles. The van der Waals surface area contributed by atoms with Crippen LogP contribution in [0.2, 0.25) is 0 Å². The van der Waals surface area contributed by atoms with Gasteiger partial charge in [-0.15, -0.1) is 0 Å². The van der Waals surface area contributed by atoms with Gasteiger partial charge in [0.25, 0.3) is 0 Å². The maximum absolute atomic E-state index is 11.9. The minimum absolute atomic E-state index is 0.0381. The van der Waals surface area contributed by atoms with Crippen LogP contribution in [0.15, 0.2) is 0 Å². The third kappa shape index (κ3) is 10.2. The van der Waals surface area contributed by atoms with Crippen LogP contribution < -0.4 is 10.6 Å². The van der Waals surface area contributed by atoms with E-state index in [1.54, 1.807) is 0 Å². The number of carboxylic acids is 1. The molecule has 2 saturated heterocycles. The summed E-state index contributed by atoms with van der Waals surface area (Å²) in [6.07, 6.45) is 8.13. The molecule has 0 aromatic heterocycles. The van der Waals surface area contributed by atoms with Crippen molar-refractivity contribution in [3.05, 3.63) is 0 Å². The minimum atomic E-state index is -0.716. The number of nitrogens with zero attached hydrogens (tertiary/aromatic N) is 1. The molecule has 1 atom stereocenters. The average Bonchev–Trinajstić information content (AvgIpc) is 2.74. The highest BCUT2D eigenvalue weighted by molar-refractivity contribution is 5.72. The standard InChI is InChI=1S/C16H29NO4.C9H20N2/c1-21-16(20)14(13-9-11-17-12-10-13)7-5-3-2-4-6-8-15(18)19;1-8(2)6-10-7-9(3,4)11(8)5/h13-14,17H,2-12H2,1H3,(H,18,19);10H,6-7H2,1-5H3. The SMILES string of the molecule is CN1C(C)(C)CNCC1(C)C.COC(=O)C(CCCCCCCC(=O)O)C1CCNCC1. The number of unbranched alkanes of at least 4 members (excludes halogenated alkanes) is 4. The zero-order valence-corrected chi connectivity index (χ0v) is 21.5. The maximum atomic E-state index is 11.9. The van der Waals surface area contributed by atoms with E-state index in [0.29, 0.717) is 17.0 Å². The van der Waals surface area contributed by atoms with Gasteiger partial charge in [-0.05, 0) is 79.4 Å². The van der Waals surface area contributed by atoms with Crippen LogP contribution in [0.3, 0.4) is 0 Å². The molecular formula is C25H49N3O4. The molecule has 0 radical (unpaired) electrons. The van der Waals surface area contributed by atoms with Crippen LogP contribution in [0.1, 0.15) is 85.5 Å². The number of esters is 1. The van der Waals surface area contributed by atoms with Gasteiger partial charge in [0, 0.05) is 30.6 Å². The van der Waals surface area contributed by atoms with Crippen LogP contribution in [0.4, 0.5) is 0 Å². The first kappa shape index (κ1) is 28.9. The molecule has 0 bridgehead atoms. The highest BCUT2D eigenvalue weighted by Gasteiger charge is 2.38. The monoisotopic (exact) mass is 455 g/mol. The first-order valence-corrected chi connectivity index (χ1v) is 12.5. The molecule has 0 saturated carbocycles. The van der Waals surface area contributed by atoms with Crippen molar-refractivity contribution in [2.24, 2.45) is 11.8 Å². The number of piperidine rings is 1. The van der Waals surface area contributed by atoms with Crippen molar-refractivity contribution >= 4 is 11.9 Å². The van der Waals surface area contributed by atoms with Gasteiger partial charge in [0.05, 0.1) is 13.0 Å². The van der Waals surface area contributed by atoms with Crippen LogP contribution in [-0.4, -0.2) is 73.4 Å². The average molecular weight is 456 g/mol. The smallest absolute Gasteiger partial charge is 0.308 e. The number of aliphatic carboxylic acids is 1. The summed E-state index contributed by atoms with van der Waals surface area (Å²) < 4.78 is 4.96. The predicted molar refractivity (Wildman–Crippen MR) is 130 cm³/mol. The lowest BCUT2D eigenvalue weighted by atomic mass is 9.81. The van der Waals surface area contributed by atoms with E-state index in [9.17, 15) is 9.59 Å². The number of hydrogen-bond donors (Lipinski definition) is 3. The van der Waals surface area contributed by atoms with Crippen LogP contribution in [0.25, 0.3) is 0 Å². The normalized spacial score (nSPS) is 21.8. The van der Waals surface area contributed by atoms with Gasteiger partial charge < -0.3 is 20.5 Å². The second kappa shape index (κ2) is 14.2. The number of carbonyl (C=O) groups is 2. The third-order valence-electron chi connectivity index (χ3n) is 7.29. The summed E-state index contributed by atoms with van der Waals surface area (Å²) >= 11 is 0. The zero-order valence-electron chi connectivity index (χ0n) is 21.5. The predicted octanol–water partition coefficient (Wildman–Crippen LogP) is 3.67. The minimum Gasteiger partial charge on any atom is -0.481 e. The summed E-state index contributed by atoms with van der Waals surface area (Å²) in [7, 11) is 3.68. The van der Waals surface area contributed by atoms with Crippen LogP contribution in [0.5, 0.6) is 0 Å². The zero-order chi connectivity index (χ0) is 24.2. The highest BCUT2D eigenvalue weighted by atomic mass is 16.5. The fourth-order valence-electron chi connectivity index (χ4n) is 4.85. The molecule has 2 rings (SSSR count). The summed E-state index contributed by atoms with van der Waals surface area (Å²) in [5.41, 5.74) is 0.587. The highest BCUT2D eigenvalue weighted by Crippen LogP contribution is 2.28. The Balaban J connectivity index is 0.000000389. The van der Waals surface area contributed by atoms with E-state index < -0.39 is 5.97 Å². The summed E-state index contributed by atoms with van der Waals surface area (Å²) in [6.45, 7) is 13.3. The van der Waals surface area contributed by atoms with Crippen molar-refractivity contribution < 1.29 is 19.4 Å². The fraction of sp³-hybridized carbons (Fsp3) is 0.920. The van der Waals surface area contributed by atoms with E-state index in [1.165, 1.54) is 7.11 Å². The van der Waals surface area contributed by atoms with Crippen molar-refractivity contribution in [1.82, 2.24) is 15.5 Å². The molecule has 7 nitrogen and oxygen atoms in total. The van der Waals surface area contributed by atoms with Crippen molar-refractivity contribution in [3.8, 4) is 0 Å². The van der Waals surface area contributed by atoms with Gasteiger partial charge in [-0.2, -0.15) is 0 Å². The van der Waals surface area contributed by atoms with Crippen molar-refractivity contribution in [2.75, 3.05) is 40.3 Å². The molecule has 0 aromatic rings. The van der Waals surface area contributed by atoms with E-state index in [0.717, 1.165) is 77.5 Å². The molecule has 0 amide bonds. The number of ether oxygens (including phenoxy) is 1. The van der Waals surface area contributed by atoms with E-state index in [4.69, 9.17) is 9.84 Å². The largest absolute Gasteiger partial charge is 0.481 e. The molecule has 1 unspecified atom stereocenters. The Morgan fingerprint density at radius 3 is 2.00 bits per heavy atom. The molecule has 0 aromatic carbocycles. The van der Waals surface area contributed by atoms with Crippen molar-refractivity contribution in [3.63, 3.8) is 0 Å². The van der Waals surface area contributed by atoms with Crippen LogP contribution >= 0.6 is 0 Å². The Kier molecular flexibility index (Phi) is 12.8. The van der Waals surface area contributed by atoms with Gasteiger partial charge in [-0.25, -0.2) is 0 Å². The molecule has 7 heteroatoms. The van der Waals surface area contributed by atoms with Crippen LogP contribution in [0, 0.1) is 11.8 Å². The quantitative estimate of drug-likeness (QED) is 0.342. The lowest BCUT2D eigenvalue weighted by Gasteiger charge is -2.51.